The molecular weight excluding hydrogens is 257 g/mol. The Morgan fingerprint density at radius 1 is 1.40 bits per heavy atom. The van der Waals surface area contributed by atoms with Gasteiger partial charge in [-0.2, -0.15) is 0 Å². The van der Waals surface area contributed by atoms with Crippen molar-refractivity contribution >= 4 is 15.9 Å². The van der Waals surface area contributed by atoms with Crippen molar-refractivity contribution in [1.29, 1.82) is 0 Å². The minimum Gasteiger partial charge on any atom is -0.320 e. The molecule has 0 saturated carbocycles. The Balaban J connectivity index is 2.97. The molecule has 1 nitrogen and oxygen atoms in total. The Hall–Kier alpha value is -0.410. The van der Waals surface area contributed by atoms with Gasteiger partial charge in [0.25, 0.3) is 0 Å². The average molecular weight is 274 g/mol. The summed E-state index contributed by atoms with van der Waals surface area (Å²) in [5.74, 6) is -0.126. The Bertz CT molecular complexity index is 336. The van der Waals surface area contributed by atoms with Crippen LogP contribution in [0.1, 0.15) is 25.8 Å². The second kappa shape index (κ2) is 5.08. The van der Waals surface area contributed by atoms with Gasteiger partial charge in [0.2, 0.25) is 0 Å². The predicted octanol–water partition coefficient (Wildman–Crippen LogP) is 3.48. The standard InChI is InChI=1S/C12H17BrFN/c1-12(2,6-7-15-3)10-8-9(13)4-5-11(10)14/h4-5,8,15H,6-7H2,1-3H3. The van der Waals surface area contributed by atoms with Gasteiger partial charge in [-0.15, -0.1) is 0 Å². The lowest BCUT2D eigenvalue weighted by Gasteiger charge is -2.25. The molecule has 0 spiro atoms. The highest BCUT2D eigenvalue weighted by molar-refractivity contribution is 9.10. The minimum absolute atomic E-state index is 0.126. The van der Waals surface area contributed by atoms with Gasteiger partial charge in [-0.05, 0) is 49.2 Å². The maximum Gasteiger partial charge on any atom is 0.127 e. The van der Waals surface area contributed by atoms with Crippen LogP contribution < -0.4 is 5.32 Å². The van der Waals surface area contributed by atoms with Gasteiger partial charge in [0.15, 0.2) is 0 Å². The van der Waals surface area contributed by atoms with Crippen LogP contribution in [0.4, 0.5) is 4.39 Å². The van der Waals surface area contributed by atoms with Crippen molar-refractivity contribution in [3.05, 3.63) is 34.1 Å². The molecule has 1 rings (SSSR count). The molecule has 0 aliphatic heterocycles. The molecule has 0 radical (unpaired) electrons. The number of hydrogen-bond donors (Lipinski definition) is 1. The summed E-state index contributed by atoms with van der Waals surface area (Å²) in [6.45, 7) is 5.02. The van der Waals surface area contributed by atoms with Crippen molar-refractivity contribution in [2.24, 2.45) is 0 Å². The van der Waals surface area contributed by atoms with Gasteiger partial charge < -0.3 is 5.32 Å². The zero-order valence-corrected chi connectivity index (χ0v) is 11.0. The van der Waals surface area contributed by atoms with Gasteiger partial charge >= 0.3 is 0 Å². The average Bonchev–Trinajstić information content (AvgIpc) is 2.18. The van der Waals surface area contributed by atoms with E-state index in [2.05, 4.69) is 35.1 Å². The van der Waals surface area contributed by atoms with Crippen LogP contribution >= 0.6 is 15.9 Å². The first-order valence-corrected chi connectivity index (χ1v) is 5.87. The van der Waals surface area contributed by atoms with E-state index in [1.165, 1.54) is 6.07 Å². The van der Waals surface area contributed by atoms with Crippen LogP contribution in [0, 0.1) is 5.82 Å². The van der Waals surface area contributed by atoms with Crippen molar-refractivity contribution in [1.82, 2.24) is 5.32 Å². The Labute approximate surface area is 99.2 Å². The van der Waals surface area contributed by atoms with Crippen LogP contribution in [0.5, 0.6) is 0 Å². The van der Waals surface area contributed by atoms with Gasteiger partial charge in [0.05, 0.1) is 0 Å². The highest BCUT2D eigenvalue weighted by Gasteiger charge is 2.23. The van der Waals surface area contributed by atoms with Gasteiger partial charge in [0, 0.05) is 4.47 Å². The first-order valence-electron chi connectivity index (χ1n) is 5.07. The topological polar surface area (TPSA) is 12.0 Å². The molecule has 0 aliphatic rings. The molecule has 1 N–H and O–H groups in total. The third-order valence-electron chi connectivity index (χ3n) is 2.66. The number of nitrogens with one attached hydrogen (secondary N) is 1. The van der Waals surface area contributed by atoms with E-state index in [0.29, 0.717) is 0 Å². The summed E-state index contributed by atoms with van der Waals surface area (Å²) >= 11 is 3.37. The summed E-state index contributed by atoms with van der Waals surface area (Å²) < 4.78 is 14.6. The summed E-state index contributed by atoms with van der Waals surface area (Å²) in [7, 11) is 1.91. The molecule has 15 heavy (non-hydrogen) atoms. The van der Waals surface area contributed by atoms with Crippen LogP contribution in [-0.2, 0) is 5.41 Å². The summed E-state index contributed by atoms with van der Waals surface area (Å²) in [6.07, 6.45) is 0.914. The van der Waals surface area contributed by atoms with Crippen molar-refractivity contribution in [2.45, 2.75) is 25.7 Å². The van der Waals surface area contributed by atoms with Crippen molar-refractivity contribution in [2.75, 3.05) is 13.6 Å². The number of benzene rings is 1. The Morgan fingerprint density at radius 2 is 2.07 bits per heavy atom. The van der Waals surface area contributed by atoms with Crippen LogP contribution in [0.15, 0.2) is 22.7 Å². The van der Waals surface area contributed by atoms with Crippen molar-refractivity contribution < 1.29 is 4.39 Å². The molecule has 3 heteroatoms. The number of halogens is 2. The molecule has 0 saturated heterocycles. The highest BCUT2D eigenvalue weighted by Crippen LogP contribution is 2.30. The minimum atomic E-state index is -0.142. The van der Waals surface area contributed by atoms with E-state index >= 15 is 0 Å². The smallest absolute Gasteiger partial charge is 0.127 e. The molecule has 0 amide bonds. The lowest BCUT2D eigenvalue weighted by atomic mass is 9.81. The summed E-state index contributed by atoms with van der Waals surface area (Å²) in [4.78, 5) is 0. The lowest BCUT2D eigenvalue weighted by Crippen LogP contribution is -2.24. The zero-order valence-electron chi connectivity index (χ0n) is 9.40. The van der Waals surface area contributed by atoms with Crippen molar-refractivity contribution in [3.63, 3.8) is 0 Å². The predicted molar refractivity (Wildman–Crippen MR) is 65.7 cm³/mol. The van der Waals surface area contributed by atoms with E-state index in [-0.39, 0.29) is 11.2 Å². The molecule has 0 aliphatic carbocycles. The molecule has 1 aromatic carbocycles. The maximum absolute atomic E-state index is 13.7. The molecule has 0 aromatic heterocycles. The second-order valence-electron chi connectivity index (χ2n) is 4.36. The number of rotatable bonds is 4. The normalized spacial score (nSPS) is 11.8. The van der Waals surface area contributed by atoms with E-state index in [1.807, 2.05) is 13.1 Å². The van der Waals surface area contributed by atoms with E-state index < -0.39 is 0 Å². The van der Waals surface area contributed by atoms with Gasteiger partial charge in [-0.1, -0.05) is 29.8 Å². The molecule has 0 bridgehead atoms. The molecule has 84 valence electrons. The first-order chi connectivity index (χ1) is 6.97. The first kappa shape index (κ1) is 12.7. The Kier molecular flexibility index (Phi) is 4.29. The molecule has 0 atom stereocenters. The van der Waals surface area contributed by atoms with Gasteiger partial charge in [0.1, 0.15) is 5.82 Å². The molecular formula is C12H17BrFN. The van der Waals surface area contributed by atoms with Crippen molar-refractivity contribution in [3.8, 4) is 0 Å². The fourth-order valence-electron chi connectivity index (χ4n) is 1.59. The second-order valence-corrected chi connectivity index (χ2v) is 5.28. The quantitative estimate of drug-likeness (QED) is 0.886. The summed E-state index contributed by atoms with van der Waals surface area (Å²) in [5.41, 5.74) is 0.628. The van der Waals surface area contributed by atoms with E-state index in [9.17, 15) is 4.39 Å². The van der Waals surface area contributed by atoms with Crippen LogP contribution in [-0.4, -0.2) is 13.6 Å². The van der Waals surface area contributed by atoms with Crippen LogP contribution in [0.3, 0.4) is 0 Å². The van der Waals surface area contributed by atoms with Gasteiger partial charge in [-0.25, -0.2) is 4.39 Å². The largest absolute Gasteiger partial charge is 0.320 e. The monoisotopic (exact) mass is 273 g/mol. The number of hydrogen-bond acceptors (Lipinski definition) is 1. The molecule has 0 fully saturated rings. The summed E-state index contributed by atoms with van der Waals surface area (Å²) in [5, 5.41) is 3.09. The zero-order chi connectivity index (χ0) is 11.5. The molecule has 0 heterocycles. The van der Waals surface area contributed by atoms with E-state index in [0.717, 1.165) is 23.0 Å². The van der Waals surface area contributed by atoms with E-state index in [4.69, 9.17) is 0 Å². The maximum atomic E-state index is 13.7. The fraction of sp³-hybridized carbons (Fsp3) is 0.500. The van der Waals surface area contributed by atoms with Gasteiger partial charge in [-0.3, -0.25) is 0 Å². The van der Waals surface area contributed by atoms with Crippen LogP contribution in [0.25, 0.3) is 0 Å². The highest BCUT2D eigenvalue weighted by atomic mass is 79.9. The van der Waals surface area contributed by atoms with Crippen LogP contribution in [0.2, 0.25) is 0 Å². The molecule has 1 aromatic rings. The Morgan fingerprint density at radius 3 is 2.67 bits per heavy atom. The van der Waals surface area contributed by atoms with E-state index in [1.54, 1.807) is 6.07 Å². The SMILES string of the molecule is CNCCC(C)(C)c1cc(Br)ccc1F. The molecule has 0 unspecified atom stereocenters. The third kappa shape index (κ3) is 3.28. The lowest BCUT2D eigenvalue weighted by molar-refractivity contribution is 0.442. The third-order valence-corrected chi connectivity index (χ3v) is 3.15. The summed E-state index contributed by atoms with van der Waals surface area (Å²) in [6, 6.07) is 5.11. The fourth-order valence-corrected chi connectivity index (χ4v) is 1.95.